The molecule has 118 valence electrons. The van der Waals surface area contributed by atoms with Crippen molar-refractivity contribution in [3.05, 3.63) is 23.8 Å². The molecule has 0 saturated heterocycles. The van der Waals surface area contributed by atoms with E-state index in [1.807, 2.05) is 12.1 Å². The maximum Gasteiger partial charge on any atom is 0.127 e. The number of methoxy groups -OCH3 is 2. The van der Waals surface area contributed by atoms with Crippen LogP contribution in [0.5, 0.6) is 11.5 Å². The summed E-state index contributed by atoms with van der Waals surface area (Å²) in [7, 11) is 3.40. The second-order valence-electron chi connectivity index (χ2n) is 5.53. The number of hydrogen-bond acceptors (Lipinski definition) is 4. The van der Waals surface area contributed by atoms with Gasteiger partial charge in [0.15, 0.2) is 0 Å². The number of ether oxygens (including phenoxy) is 2. The van der Waals surface area contributed by atoms with E-state index in [1.54, 1.807) is 14.2 Å². The fourth-order valence-electron chi connectivity index (χ4n) is 3.12. The van der Waals surface area contributed by atoms with Gasteiger partial charge in [-0.2, -0.15) is 11.8 Å². The Morgan fingerprint density at radius 1 is 1.29 bits per heavy atom. The molecule has 1 saturated carbocycles. The number of nitrogens with one attached hydrogen (secondary N) is 1. The van der Waals surface area contributed by atoms with Crippen LogP contribution in [0.1, 0.15) is 44.7 Å². The van der Waals surface area contributed by atoms with Crippen molar-refractivity contribution in [1.29, 1.82) is 0 Å². The van der Waals surface area contributed by atoms with Crippen molar-refractivity contribution < 1.29 is 9.47 Å². The molecule has 21 heavy (non-hydrogen) atoms. The van der Waals surface area contributed by atoms with Crippen molar-refractivity contribution in [3.8, 4) is 11.5 Å². The Hall–Kier alpha value is -0.870. The first-order valence-corrected chi connectivity index (χ1v) is 8.84. The molecule has 1 aliphatic rings. The highest BCUT2D eigenvalue weighted by atomic mass is 32.2. The summed E-state index contributed by atoms with van der Waals surface area (Å²) in [6.45, 7) is 4.46. The minimum Gasteiger partial charge on any atom is -0.497 e. The highest BCUT2D eigenvalue weighted by Crippen LogP contribution is 2.34. The Bertz CT molecular complexity index is 452. The minimum absolute atomic E-state index is 0.286. The minimum atomic E-state index is 0.286. The molecule has 1 N–H and O–H groups in total. The Morgan fingerprint density at radius 3 is 2.76 bits per heavy atom. The predicted molar refractivity (Wildman–Crippen MR) is 90.7 cm³/mol. The SMILES string of the molecule is CCSC1CCCC1NC(C)c1ccc(OC)cc1OC. The van der Waals surface area contributed by atoms with Crippen LogP contribution in [-0.4, -0.2) is 31.3 Å². The van der Waals surface area contributed by atoms with E-state index in [1.165, 1.54) is 30.6 Å². The Kier molecular flexibility index (Phi) is 6.24. The highest BCUT2D eigenvalue weighted by molar-refractivity contribution is 7.99. The molecule has 1 aromatic carbocycles. The summed E-state index contributed by atoms with van der Waals surface area (Å²) in [6, 6.07) is 6.96. The van der Waals surface area contributed by atoms with Gasteiger partial charge >= 0.3 is 0 Å². The van der Waals surface area contributed by atoms with Crippen LogP contribution in [0.3, 0.4) is 0 Å². The summed E-state index contributed by atoms with van der Waals surface area (Å²) in [5.74, 6) is 2.93. The average molecular weight is 309 g/mol. The topological polar surface area (TPSA) is 30.5 Å². The second-order valence-corrected chi connectivity index (χ2v) is 7.04. The van der Waals surface area contributed by atoms with Crippen LogP contribution in [0.25, 0.3) is 0 Å². The largest absolute Gasteiger partial charge is 0.497 e. The zero-order chi connectivity index (χ0) is 15.2. The second kappa shape index (κ2) is 7.95. The van der Waals surface area contributed by atoms with Gasteiger partial charge in [0.1, 0.15) is 11.5 Å². The molecule has 0 spiro atoms. The molecule has 0 radical (unpaired) electrons. The zero-order valence-electron chi connectivity index (χ0n) is 13.5. The summed E-state index contributed by atoms with van der Waals surface area (Å²) >= 11 is 2.09. The number of hydrogen-bond donors (Lipinski definition) is 1. The van der Waals surface area contributed by atoms with Crippen molar-refractivity contribution in [3.63, 3.8) is 0 Å². The first-order valence-electron chi connectivity index (χ1n) is 7.79. The Morgan fingerprint density at radius 2 is 2.10 bits per heavy atom. The Balaban J connectivity index is 2.07. The summed E-state index contributed by atoms with van der Waals surface area (Å²) in [5, 5.41) is 4.55. The van der Waals surface area contributed by atoms with Crippen LogP contribution in [0.15, 0.2) is 18.2 Å². The van der Waals surface area contributed by atoms with Gasteiger partial charge < -0.3 is 14.8 Å². The van der Waals surface area contributed by atoms with E-state index in [-0.39, 0.29) is 6.04 Å². The van der Waals surface area contributed by atoms with E-state index in [4.69, 9.17) is 9.47 Å². The van der Waals surface area contributed by atoms with Crippen LogP contribution in [-0.2, 0) is 0 Å². The van der Waals surface area contributed by atoms with E-state index < -0.39 is 0 Å². The predicted octanol–water partition coefficient (Wildman–Crippen LogP) is 4.03. The molecule has 1 fully saturated rings. The van der Waals surface area contributed by atoms with Gasteiger partial charge in [0.2, 0.25) is 0 Å². The Labute approximate surface area is 132 Å². The summed E-state index contributed by atoms with van der Waals surface area (Å²) in [4.78, 5) is 0. The monoisotopic (exact) mass is 309 g/mol. The van der Waals surface area contributed by atoms with Gasteiger partial charge in [-0.3, -0.25) is 0 Å². The van der Waals surface area contributed by atoms with E-state index in [2.05, 4.69) is 37.0 Å². The van der Waals surface area contributed by atoms with Crippen molar-refractivity contribution in [2.45, 2.75) is 50.4 Å². The molecule has 0 aromatic heterocycles. The molecule has 1 aliphatic carbocycles. The standard InChI is InChI=1S/C17H27NO2S/c1-5-21-17-8-6-7-15(17)18-12(2)14-10-9-13(19-3)11-16(14)20-4/h9-12,15,17-18H,5-8H2,1-4H3. The molecule has 3 atom stereocenters. The molecule has 0 aliphatic heterocycles. The van der Waals surface area contributed by atoms with Crippen molar-refractivity contribution in [2.75, 3.05) is 20.0 Å². The van der Waals surface area contributed by atoms with Crippen molar-refractivity contribution >= 4 is 11.8 Å². The third-order valence-electron chi connectivity index (χ3n) is 4.20. The molecule has 2 rings (SSSR count). The third kappa shape index (κ3) is 4.07. The van der Waals surface area contributed by atoms with Gasteiger partial charge in [-0.25, -0.2) is 0 Å². The lowest BCUT2D eigenvalue weighted by atomic mass is 10.1. The molecule has 0 heterocycles. The molecule has 3 nitrogen and oxygen atoms in total. The molecular formula is C17H27NO2S. The van der Waals surface area contributed by atoms with E-state index in [0.717, 1.165) is 16.7 Å². The van der Waals surface area contributed by atoms with Gasteiger partial charge in [0.05, 0.1) is 14.2 Å². The molecule has 1 aromatic rings. The first kappa shape index (κ1) is 16.5. The quantitative estimate of drug-likeness (QED) is 0.824. The number of rotatable bonds is 7. The van der Waals surface area contributed by atoms with E-state index in [0.29, 0.717) is 6.04 Å². The molecule has 4 heteroatoms. The van der Waals surface area contributed by atoms with Crippen LogP contribution >= 0.6 is 11.8 Å². The first-order chi connectivity index (χ1) is 10.2. The van der Waals surface area contributed by atoms with Gasteiger partial charge in [-0.05, 0) is 31.6 Å². The highest BCUT2D eigenvalue weighted by Gasteiger charge is 2.28. The van der Waals surface area contributed by atoms with E-state index in [9.17, 15) is 0 Å². The third-order valence-corrected chi connectivity index (χ3v) is 5.53. The number of thioether (sulfide) groups is 1. The maximum absolute atomic E-state index is 5.52. The van der Waals surface area contributed by atoms with Gasteiger partial charge in [0.25, 0.3) is 0 Å². The van der Waals surface area contributed by atoms with Crippen LogP contribution in [0.2, 0.25) is 0 Å². The summed E-state index contributed by atoms with van der Waals surface area (Å²) in [5.41, 5.74) is 1.20. The van der Waals surface area contributed by atoms with Crippen LogP contribution in [0.4, 0.5) is 0 Å². The van der Waals surface area contributed by atoms with Gasteiger partial charge in [-0.15, -0.1) is 0 Å². The molecule has 3 unspecified atom stereocenters. The van der Waals surface area contributed by atoms with Crippen molar-refractivity contribution in [1.82, 2.24) is 5.32 Å². The maximum atomic E-state index is 5.52. The smallest absolute Gasteiger partial charge is 0.127 e. The van der Waals surface area contributed by atoms with Gasteiger partial charge in [0, 0.05) is 29.0 Å². The normalized spacial score (nSPS) is 23.0. The lowest BCUT2D eigenvalue weighted by Gasteiger charge is -2.26. The van der Waals surface area contributed by atoms with Crippen molar-refractivity contribution in [2.24, 2.45) is 0 Å². The zero-order valence-corrected chi connectivity index (χ0v) is 14.3. The molecule has 0 amide bonds. The summed E-state index contributed by atoms with van der Waals surface area (Å²) < 4.78 is 10.8. The summed E-state index contributed by atoms with van der Waals surface area (Å²) in [6.07, 6.45) is 3.95. The van der Waals surface area contributed by atoms with Crippen LogP contribution < -0.4 is 14.8 Å². The average Bonchev–Trinajstić information content (AvgIpc) is 2.94. The lowest BCUT2D eigenvalue weighted by molar-refractivity contribution is 0.381. The molecular weight excluding hydrogens is 282 g/mol. The fourth-order valence-corrected chi connectivity index (χ4v) is 4.33. The lowest BCUT2D eigenvalue weighted by Crippen LogP contribution is -2.36. The van der Waals surface area contributed by atoms with E-state index >= 15 is 0 Å². The molecule has 0 bridgehead atoms. The number of benzene rings is 1. The van der Waals surface area contributed by atoms with Crippen LogP contribution in [0, 0.1) is 0 Å². The van der Waals surface area contributed by atoms with Gasteiger partial charge in [-0.1, -0.05) is 19.4 Å². The fraction of sp³-hybridized carbons (Fsp3) is 0.647.